The number of rotatable bonds is 3. The number of carbonyl (C=O) groups is 1. The first kappa shape index (κ1) is 8.80. The van der Waals surface area contributed by atoms with Gasteiger partial charge in [-0.3, -0.25) is 0 Å². The average molecular weight is 169 g/mol. The maximum atomic E-state index is 10.5. The Kier molecular flexibility index (Phi) is 2.50. The summed E-state index contributed by atoms with van der Waals surface area (Å²) in [5, 5.41) is 11.5. The van der Waals surface area contributed by atoms with Gasteiger partial charge in [-0.2, -0.15) is 0 Å². The van der Waals surface area contributed by atoms with E-state index in [0.29, 0.717) is 12.3 Å². The topological polar surface area (TPSA) is 62.5 Å². The number of furan rings is 1. The van der Waals surface area contributed by atoms with E-state index in [0.717, 1.165) is 5.56 Å². The Bertz CT molecular complexity index is 290. The number of hydrogen-bond donors (Lipinski definition) is 2. The van der Waals surface area contributed by atoms with Gasteiger partial charge in [0.1, 0.15) is 5.76 Å². The number of nitrogens with one attached hydrogen (secondary N) is 1. The summed E-state index contributed by atoms with van der Waals surface area (Å²) >= 11 is 0. The molecule has 0 saturated carbocycles. The van der Waals surface area contributed by atoms with Crippen LogP contribution in [0.5, 0.6) is 0 Å². The predicted molar refractivity (Wildman–Crippen MR) is 43.2 cm³/mol. The summed E-state index contributed by atoms with van der Waals surface area (Å²) in [6.07, 6.45) is 0. The van der Waals surface area contributed by atoms with E-state index in [1.807, 2.05) is 0 Å². The number of aromatic carboxylic acids is 1. The van der Waals surface area contributed by atoms with Crippen LogP contribution >= 0.6 is 0 Å². The third-order valence-electron chi connectivity index (χ3n) is 1.60. The van der Waals surface area contributed by atoms with Crippen molar-refractivity contribution in [2.75, 3.05) is 7.05 Å². The van der Waals surface area contributed by atoms with E-state index >= 15 is 0 Å². The largest absolute Gasteiger partial charge is 0.475 e. The van der Waals surface area contributed by atoms with E-state index in [2.05, 4.69) is 5.32 Å². The fraction of sp³-hybridized carbons (Fsp3) is 0.375. The highest BCUT2D eigenvalue weighted by Gasteiger charge is 2.11. The van der Waals surface area contributed by atoms with Gasteiger partial charge in [0.15, 0.2) is 0 Å². The molecule has 1 aromatic heterocycles. The molecule has 0 amide bonds. The highest BCUT2D eigenvalue weighted by atomic mass is 16.4. The summed E-state index contributed by atoms with van der Waals surface area (Å²) in [6.45, 7) is 2.38. The molecule has 1 aromatic rings. The zero-order valence-corrected chi connectivity index (χ0v) is 7.05. The first-order chi connectivity index (χ1) is 5.65. The van der Waals surface area contributed by atoms with Gasteiger partial charge >= 0.3 is 5.97 Å². The van der Waals surface area contributed by atoms with Crippen LogP contribution in [0.3, 0.4) is 0 Å². The second-order valence-electron chi connectivity index (χ2n) is 2.53. The standard InChI is InChI=1S/C8H11NO3/c1-5-6(4-9-2)3-7(12-5)8(10)11/h3,9H,4H2,1-2H3,(H,10,11). The van der Waals surface area contributed by atoms with Crippen LogP contribution < -0.4 is 5.32 Å². The molecule has 1 rings (SSSR count). The van der Waals surface area contributed by atoms with Crippen LogP contribution in [0.15, 0.2) is 10.5 Å². The molecule has 0 bridgehead atoms. The van der Waals surface area contributed by atoms with Crippen LogP contribution in [0.25, 0.3) is 0 Å². The van der Waals surface area contributed by atoms with Gasteiger partial charge in [0, 0.05) is 12.1 Å². The molecule has 0 aromatic carbocycles. The molecule has 0 aliphatic carbocycles. The second-order valence-corrected chi connectivity index (χ2v) is 2.53. The lowest BCUT2D eigenvalue weighted by Gasteiger charge is -1.93. The summed E-state index contributed by atoms with van der Waals surface area (Å²) in [7, 11) is 1.80. The van der Waals surface area contributed by atoms with Crippen molar-refractivity contribution in [1.29, 1.82) is 0 Å². The minimum atomic E-state index is -1.03. The second kappa shape index (κ2) is 3.40. The predicted octanol–water partition coefficient (Wildman–Crippen LogP) is 1.01. The van der Waals surface area contributed by atoms with Crippen LogP contribution in [0, 0.1) is 6.92 Å². The Morgan fingerprint density at radius 2 is 2.42 bits per heavy atom. The Balaban J connectivity index is 2.92. The molecule has 1 heterocycles. The molecule has 0 spiro atoms. The Hall–Kier alpha value is -1.29. The first-order valence-electron chi connectivity index (χ1n) is 3.62. The number of carboxylic acid groups (broad SMARTS) is 1. The third-order valence-corrected chi connectivity index (χ3v) is 1.60. The van der Waals surface area contributed by atoms with Crippen LogP contribution in [-0.2, 0) is 6.54 Å². The molecule has 0 radical (unpaired) electrons. The molecule has 12 heavy (non-hydrogen) atoms. The third kappa shape index (κ3) is 1.65. The van der Waals surface area contributed by atoms with E-state index < -0.39 is 5.97 Å². The van der Waals surface area contributed by atoms with Crippen LogP contribution in [0.2, 0.25) is 0 Å². The minimum Gasteiger partial charge on any atom is -0.475 e. The fourth-order valence-corrected chi connectivity index (χ4v) is 0.991. The molecule has 0 fully saturated rings. The lowest BCUT2D eigenvalue weighted by atomic mass is 10.2. The van der Waals surface area contributed by atoms with E-state index in [1.54, 1.807) is 14.0 Å². The van der Waals surface area contributed by atoms with Gasteiger partial charge in [0.25, 0.3) is 0 Å². The van der Waals surface area contributed by atoms with Crippen molar-refractivity contribution in [1.82, 2.24) is 5.32 Å². The van der Waals surface area contributed by atoms with Gasteiger partial charge in [-0.15, -0.1) is 0 Å². The molecule has 0 aliphatic rings. The normalized spacial score (nSPS) is 10.2. The lowest BCUT2D eigenvalue weighted by molar-refractivity contribution is 0.0661. The van der Waals surface area contributed by atoms with Crippen molar-refractivity contribution < 1.29 is 14.3 Å². The molecule has 0 aliphatic heterocycles. The summed E-state index contributed by atoms with van der Waals surface area (Å²) in [6, 6.07) is 1.54. The van der Waals surface area contributed by atoms with E-state index in [4.69, 9.17) is 9.52 Å². The van der Waals surface area contributed by atoms with Crippen molar-refractivity contribution >= 4 is 5.97 Å². The van der Waals surface area contributed by atoms with Crippen molar-refractivity contribution in [3.63, 3.8) is 0 Å². The fourth-order valence-electron chi connectivity index (χ4n) is 0.991. The van der Waals surface area contributed by atoms with Crippen LogP contribution in [0.1, 0.15) is 21.9 Å². The van der Waals surface area contributed by atoms with Gasteiger partial charge in [-0.1, -0.05) is 0 Å². The molecular formula is C8H11NO3. The number of aryl methyl sites for hydroxylation is 1. The molecule has 0 atom stereocenters. The minimum absolute atomic E-state index is 0.00208. The van der Waals surface area contributed by atoms with Crippen LogP contribution in [-0.4, -0.2) is 18.1 Å². The van der Waals surface area contributed by atoms with E-state index in [-0.39, 0.29) is 5.76 Å². The maximum absolute atomic E-state index is 10.5. The molecule has 4 nitrogen and oxygen atoms in total. The van der Waals surface area contributed by atoms with Crippen molar-refractivity contribution in [2.24, 2.45) is 0 Å². The molecule has 0 unspecified atom stereocenters. The Morgan fingerprint density at radius 1 is 1.75 bits per heavy atom. The van der Waals surface area contributed by atoms with Gasteiger partial charge < -0.3 is 14.8 Å². The zero-order chi connectivity index (χ0) is 9.14. The molecule has 66 valence electrons. The van der Waals surface area contributed by atoms with E-state index in [1.165, 1.54) is 6.07 Å². The quantitative estimate of drug-likeness (QED) is 0.708. The SMILES string of the molecule is CNCc1cc(C(=O)O)oc1C. The molecule has 4 heteroatoms. The number of hydrogen-bond acceptors (Lipinski definition) is 3. The first-order valence-corrected chi connectivity index (χ1v) is 3.62. The monoisotopic (exact) mass is 169 g/mol. The lowest BCUT2D eigenvalue weighted by Crippen LogP contribution is -2.04. The zero-order valence-electron chi connectivity index (χ0n) is 7.05. The highest BCUT2D eigenvalue weighted by Crippen LogP contribution is 2.13. The summed E-state index contributed by atoms with van der Waals surface area (Å²) in [5.74, 6) is -0.375. The molecule has 2 N–H and O–H groups in total. The summed E-state index contributed by atoms with van der Waals surface area (Å²) in [4.78, 5) is 10.5. The summed E-state index contributed by atoms with van der Waals surface area (Å²) < 4.78 is 4.99. The van der Waals surface area contributed by atoms with Gasteiger partial charge in [0.05, 0.1) is 0 Å². The van der Waals surface area contributed by atoms with Gasteiger partial charge in [-0.25, -0.2) is 4.79 Å². The highest BCUT2D eigenvalue weighted by molar-refractivity contribution is 5.84. The average Bonchev–Trinajstić information content (AvgIpc) is 2.34. The van der Waals surface area contributed by atoms with Crippen molar-refractivity contribution in [3.8, 4) is 0 Å². The van der Waals surface area contributed by atoms with Crippen molar-refractivity contribution in [3.05, 3.63) is 23.2 Å². The molecule has 0 saturated heterocycles. The van der Waals surface area contributed by atoms with Gasteiger partial charge in [0.2, 0.25) is 5.76 Å². The Morgan fingerprint density at radius 3 is 2.83 bits per heavy atom. The van der Waals surface area contributed by atoms with E-state index in [9.17, 15) is 4.79 Å². The van der Waals surface area contributed by atoms with Crippen molar-refractivity contribution in [2.45, 2.75) is 13.5 Å². The van der Waals surface area contributed by atoms with Gasteiger partial charge in [-0.05, 0) is 20.0 Å². The maximum Gasteiger partial charge on any atom is 0.371 e. The Labute approximate surface area is 70.2 Å². The smallest absolute Gasteiger partial charge is 0.371 e. The molecular weight excluding hydrogens is 158 g/mol. The number of carboxylic acids is 1. The summed E-state index contributed by atoms with van der Waals surface area (Å²) in [5.41, 5.74) is 0.884. The van der Waals surface area contributed by atoms with Crippen LogP contribution in [0.4, 0.5) is 0 Å².